The van der Waals surface area contributed by atoms with Gasteiger partial charge in [0.2, 0.25) is 5.82 Å². The minimum absolute atomic E-state index is 0.299. The lowest BCUT2D eigenvalue weighted by Gasteiger charge is -2.31. The second-order valence-electron chi connectivity index (χ2n) is 8.65. The van der Waals surface area contributed by atoms with Crippen LogP contribution < -0.4 is 0 Å². The van der Waals surface area contributed by atoms with Crippen LogP contribution in [0, 0.1) is 13.8 Å². The Kier molecular flexibility index (Phi) is 5.40. The quantitative estimate of drug-likeness (QED) is 0.393. The fraction of sp³-hybridized carbons (Fsp3) is 0.333. The predicted molar refractivity (Wildman–Crippen MR) is 117 cm³/mol. The van der Waals surface area contributed by atoms with E-state index < -0.39 is 11.3 Å². The van der Waals surface area contributed by atoms with Gasteiger partial charge in [-0.3, -0.25) is 9.67 Å². The molecule has 0 saturated heterocycles. The summed E-state index contributed by atoms with van der Waals surface area (Å²) in [6.45, 7) is 8.48. The highest BCUT2D eigenvalue weighted by Gasteiger charge is 2.43. The molecule has 3 aromatic heterocycles. The van der Waals surface area contributed by atoms with Crippen LogP contribution in [0.4, 0.5) is 8.78 Å². The Bertz CT molecular complexity index is 1220. The van der Waals surface area contributed by atoms with Crippen LogP contribution in [0.3, 0.4) is 0 Å². The zero-order valence-corrected chi connectivity index (χ0v) is 18.7. The van der Waals surface area contributed by atoms with Crippen LogP contribution in [0.1, 0.15) is 43.3 Å². The van der Waals surface area contributed by atoms with Gasteiger partial charge in [-0.15, -0.1) is 0 Å². The number of pyridine rings is 1. The van der Waals surface area contributed by atoms with Gasteiger partial charge in [0.25, 0.3) is 11.8 Å². The van der Waals surface area contributed by atoms with Gasteiger partial charge in [-0.25, -0.2) is 8.78 Å². The Morgan fingerprint density at radius 1 is 1.00 bits per heavy atom. The molecule has 8 heteroatoms. The maximum absolute atomic E-state index is 13.9. The number of halogens is 2. The van der Waals surface area contributed by atoms with Gasteiger partial charge >= 0.3 is 0 Å². The van der Waals surface area contributed by atoms with Crippen molar-refractivity contribution in [3.8, 4) is 23.0 Å². The highest BCUT2D eigenvalue weighted by atomic mass is 19.3. The summed E-state index contributed by atoms with van der Waals surface area (Å²) in [5.74, 6) is -2.17. The first kappa shape index (κ1) is 21.8. The number of hydrogen-bond donors (Lipinski definition) is 0. The van der Waals surface area contributed by atoms with Crippen molar-refractivity contribution in [1.29, 1.82) is 0 Å². The monoisotopic (exact) mass is 437 g/mol. The van der Waals surface area contributed by atoms with Crippen molar-refractivity contribution < 1.29 is 13.3 Å². The minimum atomic E-state index is -2.85. The summed E-state index contributed by atoms with van der Waals surface area (Å²) in [4.78, 5) is 8.77. The summed E-state index contributed by atoms with van der Waals surface area (Å²) in [5.41, 5.74) is 3.46. The maximum Gasteiger partial charge on any atom is 0.278 e. The minimum Gasteiger partial charge on any atom is -0.332 e. The summed E-state index contributed by atoms with van der Waals surface area (Å²) in [7, 11) is 0. The van der Waals surface area contributed by atoms with Crippen molar-refractivity contribution in [3.63, 3.8) is 0 Å². The molecule has 0 fully saturated rings. The Labute approximate surface area is 185 Å². The molecule has 4 rings (SSSR count). The molecule has 0 atom stereocenters. The van der Waals surface area contributed by atoms with E-state index in [2.05, 4.69) is 20.2 Å². The van der Waals surface area contributed by atoms with Crippen molar-refractivity contribution >= 4 is 0 Å². The molecule has 1 aromatic carbocycles. The fourth-order valence-electron chi connectivity index (χ4n) is 3.27. The van der Waals surface area contributed by atoms with E-state index in [1.165, 1.54) is 13.8 Å². The van der Waals surface area contributed by atoms with Gasteiger partial charge in [-0.1, -0.05) is 49.3 Å². The SMILES string of the molecule is Cc1ccc(Cn2nc(-c3nc(-c4ccc(C(C)(C)C(C)(F)F)cc4)no3)cc2C)cn1. The number of aromatic nitrogens is 5. The summed E-state index contributed by atoms with van der Waals surface area (Å²) in [6, 6.07) is 12.7. The van der Waals surface area contributed by atoms with Crippen molar-refractivity contribution in [2.24, 2.45) is 0 Å². The molecule has 0 radical (unpaired) electrons. The van der Waals surface area contributed by atoms with Crippen LogP contribution >= 0.6 is 0 Å². The topological polar surface area (TPSA) is 69.6 Å². The van der Waals surface area contributed by atoms with E-state index in [1.54, 1.807) is 24.3 Å². The molecule has 3 heterocycles. The lowest BCUT2D eigenvalue weighted by atomic mass is 9.79. The van der Waals surface area contributed by atoms with Crippen LogP contribution in [0.5, 0.6) is 0 Å². The second-order valence-corrected chi connectivity index (χ2v) is 8.65. The standard InChI is InChI=1S/C24H25F2N5O/c1-15-6-7-17(13-27-15)14-31-16(2)12-20(29-31)22-28-21(30-32-22)18-8-10-19(11-9-18)23(3,4)24(5,25)26/h6-13H,14H2,1-5H3. The van der Waals surface area contributed by atoms with Crippen molar-refractivity contribution in [2.45, 2.75) is 52.5 Å². The van der Waals surface area contributed by atoms with Gasteiger partial charge in [0, 0.05) is 30.1 Å². The van der Waals surface area contributed by atoms with Gasteiger partial charge in [0.05, 0.1) is 12.0 Å². The van der Waals surface area contributed by atoms with Crippen molar-refractivity contribution in [2.75, 3.05) is 0 Å². The van der Waals surface area contributed by atoms with E-state index in [4.69, 9.17) is 4.52 Å². The average Bonchev–Trinajstić information content (AvgIpc) is 3.36. The van der Waals surface area contributed by atoms with Crippen LogP contribution in [-0.4, -0.2) is 30.8 Å². The first-order valence-corrected chi connectivity index (χ1v) is 10.3. The first-order valence-electron chi connectivity index (χ1n) is 10.3. The van der Waals surface area contributed by atoms with Crippen LogP contribution in [0.15, 0.2) is 53.2 Å². The maximum atomic E-state index is 13.9. The predicted octanol–water partition coefficient (Wildman–Crippen LogP) is 5.59. The first-order chi connectivity index (χ1) is 15.0. The van der Waals surface area contributed by atoms with E-state index in [9.17, 15) is 8.78 Å². The van der Waals surface area contributed by atoms with E-state index in [-0.39, 0.29) is 0 Å². The largest absolute Gasteiger partial charge is 0.332 e. The second kappa shape index (κ2) is 7.93. The Balaban J connectivity index is 1.55. The molecule has 32 heavy (non-hydrogen) atoms. The molecule has 0 N–H and O–H groups in total. The number of alkyl halides is 2. The third-order valence-electron chi connectivity index (χ3n) is 5.89. The Hall–Kier alpha value is -3.42. The normalized spacial score (nSPS) is 12.3. The zero-order valence-electron chi connectivity index (χ0n) is 18.7. The molecule has 0 saturated carbocycles. The van der Waals surface area contributed by atoms with E-state index in [0.29, 0.717) is 35.1 Å². The summed E-state index contributed by atoms with van der Waals surface area (Å²) in [5, 5.41) is 8.63. The number of nitrogens with zero attached hydrogens (tertiary/aromatic N) is 5. The molecule has 6 nitrogen and oxygen atoms in total. The lowest BCUT2D eigenvalue weighted by molar-refractivity contribution is -0.0467. The average molecular weight is 437 g/mol. The Morgan fingerprint density at radius 2 is 1.72 bits per heavy atom. The summed E-state index contributed by atoms with van der Waals surface area (Å²) < 4.78 is 35.2. The molecule has 0 bridgehead atoms. The van der Waals surface area contributed by atoms with E-state index in [1.807, 2.05) is 42.9 Å². The smallest absolute Gasteiger partial charge is 0.278 e. The Morgan fingerprint density at radius 3 is 2.34 bits per heavy atom. The third kappa shape index (κ3) is 4.17. The van der Waals surface area contributed by atoms with E-state index in [0.717, 1.165) is 23.9 Å². The molecule has 0 unspecified atom stereocenters. The van der Waals surface area contributed by atoms with E-state index >= 15 is 0 Å². The molecule has 0 aliphatic carbocycles. The highest BCUT2D eigenvalue weighted by molar-refractivity contribution is 5.58. The summed E-state index contributed by atoms with van der Waals surface area (Å²) in [6.07, 6.45) is 1.83. The fourth-order valence-corrected chi connectivity index (χ4v) is 3.27. The molecule has 0 amide bonds. The molecule has 0 aliphatic rings. The number of benzene rings is 1. The molecule has 0 aliphatic heterocycles. The van der Waals surface area contributed by atoms with Crippen molar-refractivity contribution in [1.82, 2.24) is 24.9 Å². The van der Waals surface area contributed by atoms with Gasteiger partial charge in [-0.05, 0) is 37.1 Å². The van der Waals surface area contributed by atoms with Gasteiger partial charge in [0.15, 0.2) is 5.69 Å². The number of hydrogen-bond acceptors (Lipinski definition) is 5. The molecular weight excluding hydrogens is 412 g/mol. The van der Waals surface area contributed by atoms with Gasteiger partial charge < -0.3 is 4.52 Å². The molecule has 166 valence electrons. The van der Waals surface area contributed by atoms with Crippen molar-refractivity contribution in [3.05, 3.63) is 71.2 Å². The molecule has 0 spiro atoms. The number of aryl methyl sites for hydroxylation is 2. The van der Waals surface area contributed by atoms with Crippen LogP contribution in [0.2, 0.25) is 0 Å². The third-order valence-corrected chi connectivity index (χ3v) is 5.89. The van der Waals surface area contributed by atoms with Gasteiger partial charge in [0.1, 0.15) is 0 Å². The van der Waals surface area contributed by atoms with Gasteiger partial charge in [-0.2, -0.15) is 10.1 Å². The highest BCUT2D eigenvalue weighted by Crippen LogP contribution is 2.39. The lowest BCUT2D eigenvalue weighted by Crippen LogP contribution is -2.37. The van der Waals surface area contributed by atoms with Crippen LogP contribution in [0.25, 0.3) is 23.0 Å². The summed E-state index contributed by atoms with van der Waals surface area (Å²) >= 11 is 0. The molecule has 4 aromatic rings. The van der Waals surface area contributed by atoms with Crippen LogP contribution in [-0.2, 0) is 12.0 Å². The number of rotatable bonds is 6. The zero-order chi connectivity index (χ0) is 23.1. The molecular formula is C24H25F2N5O.